The zero-order valence-corrected chi connectivity index (χ0v) is 12.5. The van der Waals surface area contributed by atoms with Gasteiger partial charge in [-0.25, -0.2) is 4.79 Å². The molecule has 21 heavy (non-hydrogen) atoms. The molecule has 2 N–H and O–H groups in total. The summed E-state index contributed by atoms with van der Waals surface area (Å²) in [6.07, 6.45) is 1.09. The number of amides is 1. The van der Waals surface area contributed by atoms with Gasteiger partial charge in [-0.15, -0.1) is 11.3 Å². The minimum Gasteiger partial charge on any atom is -0.477 e. The quantitative estimate of drug-likeness (QED) is 0.769. The highest BCUT2D eigenvalue weighted by Crippen LogP contribution is 2.28. The summed E-state index contributed by atoms with van der Waals surface area (Å²) in [7, 11) is 0. The number of carbonyl (C=O) groups excluding carboxylic acids is 1. The number of benzene rings is 1. The van der Waals surface area contributed by atoms with Crippen molar-refractivity contribution in [3.63, 3.8) is 0 Å². The minimum absolute atomic E-state index is 0.0669. The molecule has 1 aromatic carbocycles. The molecule has 2 rings (SSSR count). The van der Waals surface area contributed by atoms with Crippen LogP contribution < -0.4 is 5.32 Å². The van der Waals surface area contributed by atoms with E-state index in [4.69, 9.17) is 9.84 Å². The van der Waals surface area contributed by atoms with Gasteiger partial charge in [0.25, 0.3) is 0 Å². The highest BCUT2D eigenvalue weighted by molar-refractivity contribution is 7.20. The Morgan fingerprint density at radius 1 is 1.33 bits per heavy atom. The van der Waals surface area contributed by atoms with Gasteiger partial charge in [0.1, 0.15) is 4.88 Å². The Balaban J connectivity index is 1.98. The zero-order valence-electron chi connectivity index (χ0n) is 11.7. The average molecular weight is 307 g/mol. The number of carboxylic acids is 1. The first kappa shape index (κ1) is 15.5. The molecule has 0 aliphatic carbocycles. The van der Waals surface area contributed by atoms with Crippen molar-refractivity contribution in [2.75, 3.05) is 18.5 Å². The Morgan fingerprint density at radius 2 is 2.14 bits per heavy atom. The molecule has 0 atom stereocenters. The lowest BCUT2D eigenvalue weighted by Crippen LogP contribution is -2.12. The van der Waals surface area contributed by atoms with E-state index in [-0.39, 0.29) is 5.91 Å². The summed E-state index contributed by atoms with van der Waals surface area (Å²) in [6.45, 7) is 3.15. The Hall–Kier alpha value is -1.92. The molecule has 0 unspecified atom stereocenters. The highest BCUT2D eigenvalue weighted by Gasteiger charge is 2.09. The molecule has 0 radical (unpaired) electrons. The summed E-state index contributed by atoms with van der Waals surface area (Å²) in [5.74, 6) is -1.000. The fraction of sp³-hybridized carbons (Fsp3) is 0.333. The van der Waals surface area contributed by atoms with Crippen molar-refractivity contribution in [2.45, 2.75) is 19.8 Å². The monoisotopic (exact) mass is 307 g/mol. The SMILES string of the molecule is CCOCCCC(=O)Nc1ccc2sc(C(=O)O)cc2c1. The number of fused-ring (bicyclic) bond motifs is 1. The Kier molecular flexibility index (Phi) is 5.30. The first-order valence-electron chi connectivity index (χ1n) is 6.74. The summed E-state index contributed by atoms with van der Waals surface area (Å²) < 4.78 is 6.07. The lowest BCUT2D eigenvalue weighted by Gasteiger charge is -2.05. The van der Waals surface area contributed by atoms with Gasteiger partial charge in [0.15, 0.2) is 0 Å². The fourth-order valence-corrected chi connectivity index (χ4v) is 2.81. The first-order valence-corrected chi connectivity index (χ1v) is 7.56. The topological polar surface area (TPSA) is 75.6 Å². The van der Waals surface area contributed by atoms with Gasteiger partial charge >= 0.3 is 5.97 Å². The maximum atomic E-state index is 11.8. The van der Waals surface area contributed by atoms with E-state index in [1.54, 1.807) is 18.2 Å². The van der Waals surface area contributed by atoms with E-state index < -0.39 is 5.97 Å². The predicted octanol–water partition coefficient (Wildman–Crippen LogP) is 3.35. The van der Waals surface area contributed by atoms with Crippen molar-refractivity contribution in [3.8, 4) is 0 Å². The largest absolute Gasteiger partial charge is 0.477 e. The molecule has 0 bridgehead atoms. The van der Waals surface area contributed by atoms with E-state index in [9.17, 15) is 9.59 Å². The number of rotatable bonds is 7. The van der Waals surface area contributed by atoms with Gasteiger partial charge in [-0.3, -0.25) is 4.79 Å². The third kappa shape index (κ3) is 4.27. The van der Waals surface area contributed by atoms with Gasteiger partial charge in [0.2, 0.25) is 5.91 Å². The molecule has 0 saturated heterocycles. The van der Waals surface area contributed by atoms with Crippen LogP contribution in [0.1, 0.15) is 29.4 Å². The van der Waals surface area contributed by atoms with Crippen molar-refractivity contribution in [2.24, 2.45) is 0 Å². The smallest absolute Gasteiger partial charge is 0.345 e. The number of hydrogen-bond donors (Lipinski definition) is 2. The fourth-order valence-electron chi connectivity index (χ4n) is 1.93. The second-order valence-electron chi connectivity index (χ2n) is 4.52. The molecule has 1 heterocycles. The van der Waals surface area contributed by atoms with Crippen LogP contribution in [0.5, 0.6) is 0 Å². The number of aromatic carboxylic acids is 1. The molecule has 112 valence electrons. The van der Waals surface area contributed by atoms with Gasteiger partial charge in [-0.1, -0.05) is 0 Å². The number of anilines is 1. The predicted molar refractivity (Wildman–Crippen MR) is 83.1 cm³/mol. The van der Waals surface area contributed by atoms with Crippen LogP contribution in [0.3, 0.4) is 0 Å². The lowest BCUT2D eigenvalue weighted by atomic mass is 10.2. The van der Waals surface area contributed by atoms with Crippen LogP contribution in [0.15, 0.2) is 24.3 Å². The van der Waals surface area contributed by atoms with Gasteiger partial charge in [-0.05, 0) is 43.0 Å². The Morgan fingerprint density at radius 3 is 2.86 bits per heavy atom. The zero-order chi connectivity index (χ0) is 15.2. The normalized spacial score (nSPS) is 10.7. The van der Waals surface area contributed by atoms with Crippen molar-refractivity contribution in [3.05, 3.63) is 29.1 Å². The standard InChI is InChI=1S/C15H17NO4S/c1-2-20-7-3-4-14(17)16-11-5-6-12-10(8-11)9-13(21-12)15(18)19/h5-6,8-9H,2-4,7H2,1H3,(H,16,17)(H,18,19). The number of nitrogens with one attached hydrogen (secondary N) is 1. The Labute approximate surface area is 126 Å². The second-order valence-corrected chi connectivity index (χ2v) is 5.60. The van der Waals surface area contributed by atoms with Crippen LogP contribution in [-0.2, 0) is 9.53 Å². The molecule has 0 aliphatic rings. The molecule has 0 saturated carbocycles. The molecule has 0 spiro atoms. The average Bonchev–Trinajstić information content (AvgIpc) is 2.87. The summed E-state index contributed by atoms with van der Waals surface area (Å²) in [5, 5.41) is 12.6. The van der Waals surface area contributed by atoms with E-state index in [2.05, 4.69) is 5.32 Å². The molecule has 1 aromatic heterocycles. The third-order valence-electron chi connectivity index (χ3n) is 2.91. The van der Waals surface area contributed by atoms with Crippen LogP contribution in [0.25, 0.3) is 10.1 Å². The maximum absolute atomic E-state index is 11.8. The lowest BCUT2D eigenvalue weighted by molar-refractivity contribution is -0.116. The Bertz CT molecular complexity index is 650. The van der Waals surface area contributed by atoms with Crippen LogP contribution in [-0.4, -0.2) is 30.2 Å². The summed E-state index contributed by atoms with van der Waals surface area (Å²) in [4.78, 5) is 23.0. The number of ether oxygens (including phenoxy) is 1. The highest BCUT2D eigenvalue weighted by atomic mass is 32.1. The van der Waals surface area contributed by atoms with Crippen molar-refractivity contribution in [1.82, 2.24) is 0 Å². The van der Waals surface area contributed by atoms with Crippen LogP contribution >= 0.6 is 11.3 Å². The number of hydrogen-bond acceptors (Lipinski definition) is 4. The van der Waals surface area contributed by atoms with Crippen LogP contribution in [0, 0.1) is 0 Å². The maximum Gasteiger partial charge on any atom is 0.345 e. The summed E-state index contributed by atoms with van der Waals surface area (Å²) >= 11 is 1.22. The summed E-state index contributed by atoms with van der Waals surface area (Å²) in [6, 6.07) is 7.01. The molecule has 6 heteroatoms. The van der Waals surface area contributed by atoms with Crippen molar-refractivity contribution in [1.29, 1.82) is 0 Å². The van der Waals surface area contributed by atoms with Gasteiger partial charge < -0.3 is 15.2 Å². The van der Waals surface area contributed by atoms with E-state index >= 15 is 0 Å². The number of carboxylic acid groups (broad SMARTS) is 1. The van der Waals surface area contributed by atoms with Gasteiger partial charge in [-0.2, -0.15) is 0 Å². The molecular weight excluding hydrogens is 290 g/mol. The van der Waals surface area contributed by atoms with Crippen LogP contribution in [0.2, 0.25) is 0 Å². The molecule has 0 aliphatic heterocycles. The molecule has 5 nitrogen and oxygen atoms in total. The van der Waals surface area contributed by atoms with Crippen molar-refractivity contribution >= 4 is 39.0 Å². The van der Waals surface area contributed by atoms with E-state index in [0.29, 0.717) is 36.6 Å². The van der Waals surface area contributed by atoms with Gasteiger partial charge in [0, 0.05) is 30.0 Å². The molecule has 1 amide bonds. The second kappa shape index (κ2) is 7.19. The van der Waals surface area contributed by atoms with Crippen molar-refractivity contribution < 1.29 is 19.4 Å². The minimum atomic E-state index is -0.933. The molecule has 2 aromatic rings. The van der Waals surface area contributed by atoms with Gasteiger partial charge in [0.05, 0.1) is 0 Å². The molecular formula is C15H17NO4S. The van der Waals surface area contributed by atoms with Crippen LogP contribution in [0.4, 0.5) is 5.69 Å². The third-order valence-corrected chi connectivity index (χ3v) is 4.01. The van der Waals surface area contributed by atoms with E-state index in [1.807, 2.05) is 13.0 Å². The number of carbonyl (C=O) groups is 2. The first-order chi connectivity index (χ1) is 10.1. The number of thiophene rings is 1. The molecule has 0 fully saturated rings. The van der Waals surface area contributed by atoms with E-state index in [1.165, 1.54) is 11.3 Å². The summed E-state index contributed by atoms with van der Waals surface area (Å²) in [5.41, 5.74) is 0.679. The van der Waals surface area contributed by atoms with E-state index in [0.717, 1.165) is 10.1 Å².